The number of carbonyl (C=O) groups excluding carboxylic acids is 1. The van der Waals surface area contributed by atoms with E-state index in [4.69, 9.17) is 5.11 Å². The van der Waals surface area contributed by atoms with Crippen molar-refractivity contribution in [3.63, 3.8) is 0 Å². The van der Waals surface area contributed by atoms with Gasteiger partial charge >= 0.3 is 12.0 Å². The van der Waals surface area contributed by atoms with E-state index in [-0.39, 0.29) is 24.5 Å². The van der Waals surface area contributed by atoms with Gasteiger partial charge in [0, 0.05) is 12.6 Å². The predicted octanol–water partition coefficient (Wildman–Crippen LogP) is 2.47. The minimum absolute atomic E-state index is 0.00234. The van der Waals surface area contributed by atoms with Crippen LogP contribution in [0.1, 0.15) is 47.0 Å². The maximum atomic E-state index is 11.9. The summed E-state index contributed by atoms with van der Waals surface area (Å²) in [5.74, 6) is -0.134. The van der Waals surface area contributed by atoms with E-state index in [9.17, 15) is 9.59 Å². The largest absolute Gasteiger partial charge is 0.481 e. The van der Waals surface area contributed by atoms with E-state index in [1.807, 2.05) is 13.8 Å². The van der Waals surface area contributed by atoms with Gasteiger partial charge in [0.25, 0.3) is 0 Å². The average Bonchev–Trinajstić information content (AvgIpc) is 2.26. The van der Waals surface area contributed by atoms with Crippen molar-refractivity contribution in [2.45, 2.75) is 53.0 Å². The summed E-state index contributed by atoms with van der Waals surface area (Å²) in [4.78, 5) is 22.9. The Labute approximate surface area is 121 Å². The molecule has 1 rings (SSSR count). The van der Waals surface area contributed by atoms with Gasteiger partial charge in [-0.25, -0.2) is 4.79 Å². The predicted molar refractivity (Wildman–Crippen MR) is 78.5 cm³/mol. The first-order valence-electron chi connectivity index (χ1n) is 7.56. The van der Waals surface area contributed by atoms with Crippen molar-refractivity contribution in [1.29, 1.82) is 0 Å². The standard InChI is InChI=1S/C15H28N2O3/c1-9(2)13(14(18)19)8-16-15(20)17-12-6-10(3)5-11(4)7-12/h9-13H,5-8H2,1-4H3,(H,18,19)(H2,16,17,20). The lowest BCUT2D eigenvalue weighted by molar-refractivity contribution is -0.142. The minimum atomic E-state index is -0.861. The van der Waals surface area contributed by atoms with E-state index >= 15 is 0 Å². The fraction of sp³-hybridized carbons (Fsp3) is 0.867. The third-order valence-corrected chi connectivity index (χ3v) is 4.12. The van der Waals surface area contributed by atoms with E-state index in [1.54, 1.807) is 0 Å². The van der Waals surface area contributed by atoms with Crippen LogP contribution in [0.5, 0.6) is 0 Å². The van der Waals surface area contributed by atoms with Crippen molar-refractivity contribution in [3.05, 3.63) is 0 Å². The van der Waals surface area contributed by atoms with Gasteiger partial charge in [0.1, 0.15) is 0 Å². The fourth-order valence-corrected chi connectivity index (χ4v) is 3.11. The first kappa shape index (κ1) is 16.8. The first-order chi connectivity index (χ1) is 9.29. The summed E-state index contributed by atoms with van der Waals surface area (Å²) < 4.78 is 0. The molecule has 0 spiro atoms. The number of amides is 2. The molecule has 0 aromatic rings. The summed E-state index contributed by atoms with van der Waals surface area (Å²) >= 11 is 0. The van der Waals surface area contributed by atoms with Gasteiger partial charge in [0.2, 0.25) is 0 Å². The maximum Gasteiger partial charge on any atom is 0.315 e. The van der Waals surface area contributed by atoms with Crippen LogP contribution in [0.15, 0.2) is 0 Å². The Kier molecular flexibility index (Phi) is 6.30. The minimum Gasteiger partial charge on any atom is -0.481 e. The molecular weight excluding hydrogens is 256 g/mol. The maximum absolute atomic E-state index is 11.9. The van der Waals surface area contributed by atoms with Gasteiger partial charge in [-0.2, -0.15) is 0 Å². The smallest absolute Gasteiger partial charge is 0.315 e. The normalized spacial score (nSPS) is 27.9. The van der Waals surface area contributed by atoms with Crippen LogP contribution in [-0.4, -0.2) is 29.7 Å². The number of aliphatic carboxylic acids is 1. The fourth-order valence-electron chi connectivity index (χ4n) is 3.11. The number of urea groups is 1. The summed E-state index contributed by atoms with van der Waals surface area (Å²) in [7, 11) is 0. The molecule has 116 valence electrons. The summed E-state index contributed by atoms with van der Waals surface area (Å²) in [6.45, 7) is 8.30. The van der Waals surface area contributed by atoms with Crippen molar-refractivity contribution in [2.24, 2.45) is 23.7 Å². The molecule has 0 aromatic heterocycles. The summed E-state index contributed by atoms with van der Waals surface area (Å²) in [5.41, 5.74) is 0. The highest BCUT2D eigenvalue weighted by Gasteiger charge is 2.26. The van der Waals surface area contributed by atoms with Crippen molar-refractivity contribution >= 4 is 12.0 Å². The molecule has 0 bridgehead atoms. The molecule has 1 aliphatic rings. The van der Waals surface area contributed by atoms with Crippen LogP contribution in [0.3, 0.4) is 0 Å². The molecule has 0 heterocycles. The third-order valence-electron chi connectivity index (χ3n) is 4.12. The molecule has 20 heavy (non-hydrogen) atoms. The molecule has 3 N–H and O–H groups in total. The molecule has 0 saturated heterocycles. The highest BCUT2D eigenvalue weighted by molar-refractivity contribution is 5.76. The molecule has 0 radical (unpaired) electrons. The van der Waals surface area contributed by atoms with E-state index in [0.717, 1.165) is 12.8 Å². The second-order valence-electron chi connectivity index (χ2n) is 6.66. The van der Waals surface area contributed by atoms with Crippen molar-refractivity contribution in [3.8, 4) is 0 Å². The molecule has 5 heteroatoms. The summed E-state index contributed by atoms with van der Waals surface area (Å²) in [5, 5.41) is 14.7. The van der Waals surface area contributed by atoms with Crippen LogP contribution in [-0.2, 0) is 4.79 Å². The highest BCUT2D eigenvalue weighted by Crippen LogP contribution is 2.28. The summed E-state index contributed by atoms with van der Waals surface area (Å²) in [6, 6.07) is -0.0423. The number of hydrogen-bond donors (Lipinski definition) is 3. The number of hydrogen-bond acceptors (Lipinski definition) is 2. The van der Waals surface area contributed by atoms with Gasteiger partial charge in [0.05, 0.1) is 5.92 Å². The monoisotopic (exact) mass is 284 g/mol. The highest BCUT2D eigenvalue weighted by atomic mass is 16.4. The van der Waals surface area contributed by atoms with E-state index in [2.05, 4.69) is 24.5 Å². The Morgan fingerprint density at radius 2 is 1.70 bits per heavy atom. The summed E-state index contributed by atoms with van der Waals surface area (Å²) in [6.07, 6.45) is 3.23. The van der Waals surface area contributed by atoms with Crippen LogP contribution in [0.4, 0.5) is 4.79 Å². The average molecular weight is 284 g/mol. The third kappa shape index (κ3) is 5.39. The molecule has 0 aliphatic heterocycles. The van der Waals surface area contributed by atoms with Crippen LogP contribution in [0, 0.1) is 23.7 Å². The van der Waals surface area contributed by atoms with E-state index in [0.29, 0.717) is 11.8 Å². The van der Waals surface area contributed by atoms with Crippen molar-refractivity contribution in [1.82, 2.24) is 10.6 Å². The van der Waals surface area contributed by atoms with Gasteiger partial charge < -0.3 is 15.7 Å². The first-order valence-corrected chi connectivity index (χ1v) is 7.56. The number of carbonyl (C=O) groups is 2. The quantitative estimate of drug-likeness (QED) is 0.725. The molecule has 3 unspecified atom stereocenters. The van der Waals surface area contributed by atoms with Gasteiger partial charge in [-0.15, -0.1) is 0 Å². The van der Waals surface area contributed by atoms with Crippen LogP contribution >= 0.6 is 0 Å². The van der Waals surface area contributed by atoms with Crippen LogP contribution in [0.25, 0.3) is 0 Å². The number of nitrogens with one attached hydrogen (secondary N) is 2. The zero-order valence-corrected chi connectivity index (χ0v) is 13.0. The molecule has 5 nitrogen and oxygen atoms in total. The lowest BCUT2D eigenvalue weighted by Crippen LogP contribution is -2.47. The van der Waals surface area contributed by atoms with Crippen LogP contribution < -0.4 is 10.6 Å². The SMILES string of the molecule is CC1CC(C)CC(NC(=O)NCC(C(=O)O)C(C)C)C1. The van der Waals surface area contributed by atoms with Crippen molar-refractivity contribution < 1.29 is 14.7 Å². The van der Waals surface area contributed by atoms with Gasteiger partial charge in [-0.3, -0.25) is 4.79 Å². The molecule has 3 atom stereocenters. The van der Waals surface area contributed by atoms with Crippen LogP contribution in [0.2, 0.25) is 0 Å². The second kappa shape index (κ2) is 7.50. The Morgan fingerprint density at radius 3 is 2.15 bits per heavy atom. The molecule has 1 saturated carbocycles. The number of rotatable bonds is 5. The molecule has 2 amide bonds. The molecule has 1 fully saturated rings. The lowest BCUT2D eigenvalue weighted by atomic mass is 9.80. The second-order valence-corrected chi connectivity index (χ2v) is 6.66. The Hall–Kier alpha value is -1.26. The topological polar surface area (TPSA) is 78.4 Å². The zero-order valence-electron chi connectivity index (χ0n) is 13.0. The molecular formula is C15H28N2O3. The Balaban J connectivity index is 2.38. The van der Waals surface area contributed by atoms with Gasteiger partial charge in [0.15, 0.2) is 0 Å². The zero-order chi connectivity index (χ0) is 15.3. The van der Waals surface area contributed by atoms with Crippen molar-refractivity contribution in [2.75, 3.05) is 6.54 Å². The van der Waals surface area contributed by atoms with Gasteiger partial charge in [-0.05, 0) is 37.0 Å². The molecule has 0 aromatic carbocycles. The Bertz CT molecular complexity index is 334. The lowest BCUT2D eigenvalue weighted by Gasteiger charge is -2.32. The van der Waals surface area contributed by atoms with E-state index < -0.39 is 11.9 Å². The number of carboxylic acid groups (broad SMARTS) is 1. The van der Waals surface area contributed by atoms with E-state index in [1.165, 1.54) is 6.42 Å². The Morgan fingerprint density at radius 1 is 1.15 bits per heavy atom. The molecule has 1 aliphatic carbocycles. The number of carboxylic acids is 1. The van der Waals surface area contributed by atoms with Gasteiger partial charge in [-0.1, -0.05) is 27.7 Å².